The van der Waals surface area contributed by atoms with E-state index in [2.05, 4.69) is 10.3 Å². The van der Waals surface area contributed by atoms with Crippen LogP contribution >= 0.6 is 0 Å². The van der Waals surface area contributed by atoms with E-state index in [9.17, 15) is 4.79 Å². The monoisotopic (exact) mass is 213 g/mol. The summed E-state index contributed by atoms with van der Waals surface area (Å²) in [7, 11) is 1.59. The lowest BCUT2D eigenvalue weighted by molar-refractivity contribution is 0.111. The van der Waals surface area contributed by atoms with Crippen LogP contribution < -0.4 is 0 Å². The summed E-state index contributed by atoms with van der Waals surface area (Å²) in [4.78, 5) is 10.7. The van der Waals surface area contributed by atoms with Gasteiger partial charge in [0.05, 0.1) is 24.9 Å². The SMILES string of the molecule is COCCc1c(C=O)nnn1C(C)CO. The lowest BCUT2D eigenvalue weighted by Gasteiger charge is -2.11. The van der Waals surface area contributed by atoms with Crippen LogP contribution in [0.2, 0.25) is 0 Å². The lowest BCUT2D eigenvalue weighted by Crippen LogP contribution is -2.15. The fraction of sp³-hybridized carbons (Fsp3) is 0.667. The summed E-state index contributed by atoms with van der Waals surface area (Å²) in [5.74, 6) is 0. The van der Waals surface area contributed by atoms with E-state index in [1.54, 1.807) is 18.7 Å². The number of nitrogens with zero attached hydrogens (tertiary/aromatic N) is 3. The van der Waals surface area contributed by atoms with E-state index < -0.39 is 0 Å². The molecule has 1 N–H and O–H groups in total. The Hall–Kier alpha value is -1.27. The third kappa shape index (κ3) is 2.60. The van der Waals surface area contributed by atoms with Crippen molar-refractivity contribution in [2.75, 3.05) is 20.3 Å². The fourth-order valence-corrected chi connectivity index (χ4v) is 1.29. The first-order chi connectivity index (χ1) is 7.24. The van der Waals surface area contributed by atoms with Gasteiger partial charge in [0.2, 0.25) is 0 Å². The Morgan fingerprint density at radius 1 is 1.67 bits per heavy atom. The van der Waals surface area contributed by atoms with Crippen LogP contribution in [0.3, 0.4) is 0 Å². The number of hydrogen-bond acceptors (Lipinski definition) is 5. The van der Waals surface area contributed by atoms with Crippen molar-refractivity contribution in [3.63, 3.8) is 0 Å². The van der Waals surface area contributed by atoms with Gasteiger partial charge in [0.15, 0.2) is 6.29 Å². The number of ether oxygens (including phenoxy) is 1. The quantitative estimate of drug-likeness (QED) is 0.664. The second kappa shape index (κ2) is 5.57. The van der Waals surface area contributed by atoms with Gasteiger partial charge in [-0.15, -0.1) is 5.10 Å². The van der Waals surface area contributed by atoms with Crippen molar-refractivity contribution in [3.8, 4) is 0 Å². The van der Waals surface area contributed by atoms with Crippen LogP contribution in [0, 0.1) is 0 Å². The summed E-state index contributed by atoms with van der Waals surface area (Å²) >= 11 is 0. The molecule has 0 spiro atoms. The number of aromatic nitrogens is 3. The summed E-state index contributed by atoms with van der Waals surface area (Å²) in [6.07, 6.45) is 1.22. The molecule has 1 atom stereocenters. The third-order valence-electron chi connectivity index (χ3n) is 2.16. The van der Waals surface area contributed by atoms with E-state index in [1.165, 1.54) is 0 Å². The Labute approximate surface area is 87.9 Å². The molecule has 0 radical (unpaired) electrons. The molecule has 0 saturated carbocycles. The lowest BCUT2D eigenvalue weighted by atomic mass is 10.2. The molecule has 6 heteroatoms. The van der Waals surface area contributed by atoms with Crippen molar-refractivity contribution < 1.29 is 14.6 Å². The largest absolute Gasteiger partial charge is 0.394 e. The van der Waals surface area contributed by atoms with Crippen LogP contribution in [0.4, 0.5) is 0 Å². The Kier molecular flexibility index (Phi) is 4.38. The number of aldehydes is 1. The molecule has 0 amide bonds. The summed E-state index contributed by atoms with van der Waals surface area (Å²) in [6, 6.07) is -0.182. The summed E-state index contributed by atoms with van der Waals surface area (Å²) in [5, 5.41) is 16.6. The zero-order chi connectivity index (χ0) is 11.3. The van der Waals surface area contributed by atoms with E-state index in [-0.39, 0.29) is 12.6 Å². The van der Waals surface area contributed by atoms with Gasteiger partial charge >= 0.3 is 0 Å². The zero-order valence-electron chi connectivity index (χ0n) is 8.88. The predicted octanol–water partition coefficient (Wildman–Crippen LogP) is -0.167. The van der Waals surface area contributed by atoms with Crippen molar-refractivity contribution in [1.29, 1.82) is 0 Å². The van der Waals surface area contributed by atoms with Crippen LogP contribution in [0.1, 0.15) is 29.1 Å². The van der Waals surface area contributed by atoms with Crippen LogP contribution in [0.5, 0.6) is 0 Å². The van der Waals surface area contributed by atoms with E-state index >= 15 is 0 Å². The number of aliphatic hydroxyl groups excluding tert-OH is 1. The average molecular weight is 213 g/mol. The smallest absolute Gasteiger partial charge is 0.172 e. The first-order valence-electron chi connectivity index (χ1n) is 4.73. The molecule has 0 aliphatic heterocycles. The molecule has 6 nitrogen and oxygen atoms in total. The van der Waals surface area contributed by atoms with Crippen molar-refractivity contribution in [2.45, 2.75) is 19.4 Å². The maximum atomic E-state index is 10.7. The maximum absolute atomic E-state index is 10.7. The number of rotatable bonds is 6. The van der Waals surface area contributed by atoms with Crippen LogP contribution in [-0.2, 0) is 11.2 Å². The van der Waals surface area contributed by atoms with Gasteiger partial charge in [-0.1, -0.05) is 5.21 Å². The standard InChI is InChI=1S/C9H15N3O3/c1-7(5-13)12-9(3-4-15-2)8(6-14)10-11-12/h6-7,13H,3-5H2,1-2H3. The normalized spacial score (nSPS) is 12.7. The van der Waals surface area contributed by atoms with Crippen molar-refractivity contribution in [3.05, 3.63) is 11.4 Å². The second-order valence-electron chi connectivity index (χ2n) is 3.26. The number of hydrogen-bond donors (Lipinski definition) is 1. The Morgan fingerprint density at radius 2 is 2.40 bits per heavy atom. The minimum atomic E-state index is -0.182. The van der Waals surface area contributed by atoms with Crippen LogP contribution in [-0.4, -0.2) is 46.7 Å². The number of carbonyl (C=O) groups is 1. The Balaban J connectivity index is 2.94. The molecular weight excluding hydrogens is 198 g/mol. The minimum absolute atomic E-state index is 0.0400. The molecule has 0 aliphatic carbocycles. The molecule has 15 heavy (non-hydrogen) atoms. The van der Waals surface area contributed by atoms with Gasteiger partial charge in [0, 0.05) is 13.5 Å². The highest BCUT2D eigenvalue weighted by Gasteiger charge is 2.15. The third-order valence-corrected chi connectivity index (χ3v) is 2.16. The highest BCUT2D eigenvalue weighted by molar-refractivity contribution is 5.73. The average Bonchev–Trinajstić information content (AvgIpc) is 2.67. The Morgan fingerprint density at radius 3 is 2.93 bits per heavy atom. The summed E-state index contributed by atoms with van der Waals surface area (Å²) in [6.45, 7) is 2.26. The van der Waals surface area contributed by atoms with Gasteiger partial charge in [-0.25, -0.2) is 4.68 Å². The second-order valence-corrected chi connectivity index (χ2v) is 3.26. The Bertz CT molecular complexity index is 324. The molecule has 1 unspecified atom stereocenters. The highest BCUT2D eigenvalue weighted by atomic mass is 16.5. The van der Waals surface area contributed by atoms with Gasteiger partial charge in [-0.2, -0.15) is 0 Å². The molecule has 1 heterocycles. The van der Waals surface area contributed by atoms with Crippen LogP contribution in [0.25, 0.3) is 0 Å². The molecule has 84 valence electrons. The molecule has 1 aromatic rings. The maximum Gasteiger partial charge on any atom is 0.172 e. The van der Waals surface area contributed by atoms with E-state index in [4.69, 9.17) is 9.84 Å². The van der Waals surface area contributed by atoms with E-state index in [0.29, 0.717) is 30.7 Å². The highest BCUT2D eigenvalue weighted by Crippen LogP contribution is 2.11. The van der Waals surface area contributed by atoms with Crippen molar-refractivity contribution in [1.82, 2.24) is 15.0 Å². The van der Waals surface area contributed by atoms with Crippen molar-refractivity contribution >= 4 is 6.29 Å². The van der Waals surface area contributed by atoms with E-state index in [0.717, 1.165) is 0 Å². The molecule has 0 bridgehead atoms. The summed E-state index contributed by atoms with van der Waals surface area (Å²) < 4.78 is 6.49. The molecule has 0 aromatic carbocycles. The molecule has 0 fully saturated rings. The zero-order valence-corrected chi connectivity index (χ0v) is 8.88. The molecule has 0 aliphatic rings. The predicted molar refractivity (Wildman–Crippen MR) is 52.8 cm³/mol. The first kappa shape index (κ1) is 11.8. The van der Waals surface area contributed by atoms with Crippen molar-refractivity contribution in [2.24, 2.45) is 0 Å². The number of carbonyl (C=O) groups excluding carboxylic acids is 1. The molecular formula is C9H15N3O3. The topological polar surface area (TPSA) is 77.2 Å². The van der Waals surface area contributed by atoms with Gasteiger partial charge in [0.25, 0.3) is 0 Å². The summed E-state index contributed by atoms with van der Waals surface area (Å²) in [5.41, 5.74) is 1.01. The minimum Gasteiger partial charge on any atom is -0.394 e. The van der Waals surface area contributed by atoms with Crippen LogP contribution in [0.15, 0.2) is 0 Å². The molecule has 1 aromatic heterocycles. The molecule has 1 rings (SSSR count). The van der Waals surface area contributed by atoms with Gasteiger partial charge in [-0.3, -0.25) is 4.79 Å². The van der Waals surface area contributed by atoms with Gasteiger partial charge < -0.3 is 9.84 Å². The number of methoxy groups -OCH3 is 1. The first-order valence-corrected chi connectivity index (χ1v) is 4.73. The van der Waals surface area contributed by atoms with E-state index in [1.807, 2.05) is 0 Å². The molecule has 0 saturated heterocycles. The van der Waals surface area contributed by atoms with Gasteiger partial charge in [-0.05, 0) is 6.92 Å². The number of aliphatic hydroxyl groups is 1. The fourth-order valence-electron chi connectivity index (χ4n) is 1.29. The van der Waals surface area contributed by atoms with Gasteiger partial charge in [0.1, 0.15) is 5.69 Å².